The number of benzene rings is 1. The van der Waals surface area contributed by atoms with Crippen molar-refractivity contribution in [3.8, 4) is 0 Å². The molecule has 2 aromatic rings. The Bertz CT molecular complexity index is 519. The summed E-state index contributed by atoms with van der Waals surface area (Å²) in [6, 6.07) is 2.92. The highest BCUT2D eigenvalue weighted by molar-refractivity contribution is 6.31. The Balaban J connectivity index is 2.10. The summed E-state index contributed by atoms with van der Waals surface area (Å²) in [4.78, 5) is 0. The van der Waals surface area contributed by atoms with Crippen molar-refractivity contribution in [3.05, 3.63) is 23.0 Å². The minimum Gasteiger partial charge on any atom is -0.244 e. The molecule has 1 fully saturated rings. The van der Waals surface area contributed by atoms with Gasteiger partial charge in [-0.05, 0) is 24.8 Å². The molecule has 0 unspecified atom stereocenters. The molecule has 0 aliphatic heterocycles. The van der Waals surface area contributed by atoms with E-state index in [1.807, 2.05) is 0 Å². The van der Waals surface area contributed by atoms with Crippen molar-refractivity contribution in [2.24, 2.45) is 5.92 Å². The Morgan fingerprint density at radius 2 is 2.27 bits per heavy atom. The van der Waals surface area contributed by atoms with E-state index >= 15 is 0 Å². The van der Waals surface area contributed by atoms with E-state index in [0.717, 1.165) is 12.1 Å². The maximum atomic E-state index is 13.3. The van der Waals surface area contributed by atoms with Gasteiger partial charge in [-0.25, -0.2) is 9.07 Å². The van der Waals surface area contributed by atoms with Crippen LogP contribution in [-0.4, -0.2) is 15.0 Å². The van der Waals surface area contributed by atoms with Gasteiger partial charge in [-0.2, -0.15) is 0 Å². The van der Waals surface area contributed by atoms with Crippen molar-refractivity contribution in [2.45, 2.75) is 19.4 Å². The van der Waals surface area contributed by atoms with Gasteiger partial charge in [0.05, 0.1) is 10.5 Å². The van der Waals surface area contributed by atoms with Crippen LogP contribution in [-0.2, 0) is 6.54 Å². The fraction of sp³-hybridized carbons (Fsp3) is 0.400. The summed E-state index contributed by atoms with van der Waals surface area (Å²) in [6.07, 6.45) is 2.47. The van der Waals surface area contributed by atoms with Crippen molar-refractivity contribution in [1.29, 1.82) is 0 Å². The smallest absolute Gasteiger partial charge is 0.144 e. The molecule has 0 amide bonds. The first-order chi connectivity index (χ1) is 7.24. The zero-order chi connectivity index (χ0) is 10.4. The lowest BCUT2D eigenvalue weighted by molar-refractivity contribution is 0.557. The van der Waals surface area contributed by atoms with Crippen LogP contribution in [0.1, 0.15) is 12.8 Å². The molecule has 15 heavy (non-hydrogen) atoms. The number of rotatable bonds is 2. The lowest BCUT2D eigenvalue weighted by Crippen LogP contribution is -2.01. The monoisotopic (exact) mass is 225 g/mol. The van der Waals surface area contributed by atoms with Crippen molar-refractivity contribution in [3.63, 3.8) is 0 Å². The number of hydrogen-bond acceptors (Lipinski definition) is 2. The van der Waals surface area contributed by atoms with Gasteiger partial charge in [-0.15, -0.1) is 5.10 Å². The van der Waals surface area contributed by atoms with Crippen LogP contribution in [0.2, 0.25) is 5.02 Å². The second-order valence-corrected chi connectivity index (χ2v) is 4.38. The Morgan fingerprint density at radius 1 is 1.47 bits per heavy atom. The SMILES string of the molecule is Fc1cc2c(cc1Cl)nnn2CC1CC1. The number of halogens is 2. The molecule has 0 saturated heterocycles. The molecule has 0 bridgehead atoms. The van der Waals surface area contributed by atoms with Gasteiger partial charge in [0.15, 0.2) is 0 Å². The van der Waals surface area contributed by atoms with E-state index in [2.05, 4.69) is 10.3 Å². The third-order valence-corrected chi connectivity index (χ3v) is 2.97. The highest BCUT2D eigenvalue weighted by Crippen LogP contribution is 2.31. The van der Waals surface area contributed by atoms with E-state index < -0.39 is 5.82 Å². The van der Waals surface area contributed by atoms with E-state index in [1.54, 1.807) is 4.68 Å². The summed E-state index contributed by atoms with van der Waals surface area (Å²) < 4.78 is 15.0. The first-order valence-corrected chi connectivity index (χ1v) is 5.30. The molecule has 1 aliphatic carbocycles. The van der Waals surface area contributed by atoms with E-state index in [-0.39, 0.29) is 5.02 Å². The molecule has 1 heterocycles. The largest absolute Gasteiger partial charge is 0.244 e. The molecular weight excluding hydrogens is 217 g/mol. The average Bonchev–Trinajstić information content (AvgIpc) is 2.94. The summed E-state index contributed by atoms with van der Waals surface area (Å²) in [5.74, 6) is 0.275. The Morgan fingerprint density at radius 3 is 3.00 bits per heavy atom. The molecule has 1 aliphatic rings. The van der Waals surface area contributed by atoms with E-state index in [9.17, 15) is 4.39 Å². The summed E-state index contributed by atoms with van der Waals surface area (Å²) in [7, 11) is 0. The quantitative estimate of drug-likeness (QED) is 0.787. The van der Waals surface area contributed by atoms with E-state index in [0.29, 0.717) is 11.4 Å². The van der Waals surface area contributed by atoms with Crippen LogP contribution in [0, 0.1) is 11.7 Å². The molecule has 5 heteroatoms. The first kappa shape index (κ1) is 9.09. The average molecular weight is 226 g/mol. The van der Waals surface area contributed by atoms with E-state index in [4.69, 9.17) is 11.6 Å². The normalized spacial score (nSPS) is 16.1. The van der Waals surface area contributed by atoms with Crippen molar-refractivity contribution < 1.29 is 4.39 Å². The van der Waals surface area contributed by atoms with E-state index in [1.165, 1.54) is 25.0 Å². The second-order valence-electron chi connectivity index (χ2n) is 3.97. The number of aromatic nitrogens is 3. The highest BCUT2D eigenvalue weighted by atomic mass is 35.5. The van der Waals surface area contributed by atoms with Crippen molar-refractivity contribution >= 4 is 22.6 Å². The van der Waals surface area contributed by atoms with Gasteiger partial charge in [-0.1, -0.05) is 16.8 Å². The van der Waals surface area contributed by atoms with Crippen LogP contribution in [0.5, 0.6) is 0 Å². The van der Waals surface area contributed by atoms with Gasteiger partial charge >= 0.3 is 0 Å². The summed E-state index contributed by atoms with van der Waals surface area (Å²) in [5, 5.41) is 8.06. The molecule has 0 radical (unpaired) electrons. The predicted molar refractivity (Wildman–Crippen MR) is 55.2 cm³/mol. The third kappa shape index (κ3) is 1.59. The third-order valence-electron chi connectivity index (χ3n) is 2.68. The van der Waals surface area contributed by atoms with Crippen LogP contribution in [0.4, 0.5) is 4.39 Å². The fourth-order valence-corrected chi connectivity index (χ4v) is 1.80. The first-order valence-electron chi connectivity index (χ1n) is 4.92. The van der Waals surface area contributed by atoms with Gasteiger partial charge in [0, 0.05) is 12.6 Å². The number of hydrogen-bond donors (Lipinski definition) is 0. The maximum Gasteiger partial charge on any atom is 0.144 e. The molecule has 1 aromatic heterocycles. The highest BCUT2D eigenvalue weighted by Gasteiger charge is 2.23. The van der Waals surface area contributed by atoms with Crippen molar-refractivity contribution in [1.82, 2.24) is 15.0 Å². The predicted octanol–water partition coefficient (Wildman–Crippen LogP) is 2.63. The van der Waals surface area contributed by atoms with Gasteiger partial charge in [0.2, 0.25) is 0 Å². The minimum atomic E-state index is -0.413. The van der Waals surface area contributed by atoms with Crippen LogP contribution in [0.3, 0.4) is 0 Å². The van der Waals surface area contributed by atoms with Gasteiger partial charge < -0.3 is 0 Å². The molecule has 1 saturated carbocycles. The molecule has 0 spiro atoms. The van der Waals surface area contributed by atoms with Crippen LogP contribution >= 0.6 is 11.6 Å². The zero-order valence-electron chi connectivity index (χ0n) is 7.95. The van der Waals surface area contributed by atoms with Crippen molar-refractivity contribution in [2.75, 3.05) is 0 Å². The molecule has 0 atom stereocenters. The standard InChI is InChI=1S/C10H9ClFN3/c11-7-3-9-10(4-8(7)12)15(14-13-9)5-6-1-2-6/h3-4,6H,1-2,5H2. The van der Waals surface area contributed by atoms with Crippen LogP contribution < -0.4 is 0 Å². The summed E-state index contributed by atoms with van der Waals surface area (Å²) in [6.45, 7) is 0.831. The topological polar surface area (TPSA) is 30.7 Å². The van der Waals surface area contributed by atoms with Gasteiger partial charge in [-0.3, -0.25) is 0 Å². The maximum absolute atomic E-state index is 13.3. The Labute approximate surface area is 90.8 Å². The summed E-state index contributed by atoms with van der Waals surface area (Å²) >= 11 is 5.66. The van der Waals surface area contributed by atoms with Crippen LogP contribution in [0.15, 0.2) is 12.1 Å². The lowest BCUT2D eigenvalue weighted by Gasteiger charge is -2.00. The molecule has 78 valence electrons. The number of nitrogens with zero attached hydrogens (tertiary/aromatic N) is 3. The van der Waals surface area contributed by atoms with Gasteiger partial charge in [0.1, 0.15) is 11.3 Å². The molecular formula is C10H9ClFN3. The lowest BCUT2D eigenvalue weighted by atomic mass is 10.3. The van der Waals surface area contributed by atoms with Crippen LogP contribution in [0.25, 0.3) is 11.0 Å². The molecule has 0 N–H and O–H groups in total. The number of fused-ring (bicyclic) bond motifs is 1. The Hall–Kier alpha value is -1.16. The minimum absolute atomic E-state index is 0.0981. The Kier molecular flexibility index (Phi) is 1.92. The molecule has 3 nitrogen and oxygen atoms in total. The molecule has 3 rings (SSSR count). The fourth-order valence-electron chi connectivity index (χ4n) is 1.64. The zero-order valence-corrected chi connectivity index (χ0v) is 8.71. The second kappa shape index (κ2) is 3.17. The molecule has 1 aromatic carbocycles. The summed E-state index contributed by atoms with van der Waals surface area (Å²) in [5.41, 5.74) is 1.38. The van der Waals surface area contributed by atoms with Gasteiger partial charge in [0.25, 0.3) is 0 Å².